The van der Waals surface area contributed by atoms with Gasteiger partial charge in [0.1, 0.15) is 11.8 Å². The highest BCUT2D eigenvalue weighted by molar-refractivity contribution is 5.77. The topological polar surface area (TPSA) is 71.3 Å². The summed E-state index contributed by atoms with van der Waals surface area (Å²) >= 11 is 0. The molecular weight excluding hydrogens is 268 g/mol. The van der Waals surface area contributed by atoms with Crippen molar-refractivity contribution >= 4 is 5.91 Å². The van der Waals surface area contributed by atoms with E-state index in [1.807, 2.05) is 19.9 Å². The van der Waals surface area contributed by atoms with Crippen molar-refractivity contribution in [2.24, 2.45) is 0 Å². The van der Waals surface area contributed by atoms with Crippen LogP contribution in [0.2, 0.25) is 0 Å². The monoisotopic (exact) mass is 290 g/mol. The first-order chi connectivity index (χ1) is 10.1. The van der Waals surface area contributed by atoms with Crippen LogP contribution in [0.1, 0.15) is 32.3 Å². The number of para-hydroxylation sites is 1. The van der Waals surface area contributed by atoms with Crippen LogP contribution in [-0.4, -0.2) is 31.8 Å². The Kier molecular flexibility index (Phi) is 7.92. The molecule has 0 radical (unpaired) electrons. The molecule has 114 valence electrons. The van der Waals surface area contributed by atoms with Crippen LogP contribution in [0, 0.1) is 11.3 Å². The van der Waals surface area contributed by atoms with Gasteiger partial charge in [0.15, 0.2) is 6.61 Å². The first kappa shape index (κ1) is 17.0. The van der Waals surface area contributed by atoms with Gasteiger partial charge in [-0.05, 0) is 38.8 Å². The maximum absolute atomic E-state index is 11.6. The van der Waals surface area contributed by atoms with E-state index in [1.165, 1.54) is 0 Å². The summed E-state index contributed by atoms with van der Waals surface area (Å²) in [5.74, 6) is 0.244. The molecule has 1 aromatic rings. The van der Waals surface area contributed by atoms with Gasteiger partial charge in [-0.25, -0.2) is 0 Å². The number of rotatable bonds is 9. The Hall–Kier alpha value is -2.06. The number of hydrogen-bond donors (Lipinski definition) is 1. The SMILES string of the molecule is CC(C)OCCCCNC(=O)COc1ccccc1C#N. The fourth-order valence-electron chi connectivity index (χ4n) is 1.65. The van der Waals surface area contributed by atoms with Crippen LogP contribution < -0.4 is 10.1 Å². The van der Waals surface area contributed by atoms with E-state index in [4.69, 9.17) is 14.7 Å². The first-order valence-corrected chi connectivity index (χ1v) is 7.13. The van der Waals surface area contributed by atoms with Crippen LogP contribution in [0.3, 0.4) is 0 Å². The van der Waals surface area contributed by atoms with Gasteiger partial charge in [-0.1, -0.05) is 12.1 Å². The third-order valence-electron chi connectivity index (χ3n) is 2.71. The van der Waals surface area contributed by atoms with Gasteiger partial charge in [-0.15, -0.1) is 0 Å². The number of ether oxygens (including phenoxy) is 2. The molecule has 1 rings (SSSR count). The summed E-state index contributed by atoms with van der Waals surface area (Å²) in [7, 11) is 0. The maximum atomic E-state index is 11.6. The summed E-state index contributed by atoms with van der Waals surface area (Å²) in [6, 6.07) is 8.88. The lowest BCUT2D eigenvalue weighted by Gasteiger charge is -2.09. The highest BCUT2D eigenvalue weighted by atomic mass is 16.5. The highest BCUT2D eigenvalue weighted by Gasteiger charge is 2.05. The molecule has 0 unspecified atom stereocenters. The minimum atomic E-state index is -0.187. The molecule has 5 heteroatoms. The molecule has 21 heavy (non-hydrogen) atoms. The van der Waals surface area contributed by atoms with Crippen LogP contribution in [0.4, 0.5) is 0 Å². The number of hydrogen-bond acceptors (Lipinski definition) is 4. The smallest absolute Gasteiger partial charge is 0.257 e. The lowest BCUT2D eigenvalue weighted by molar-refractivity contribution is -0.123. The molecule has 0 spiro atoms. The molecule has 0 heterocycles. The van der Waals surface area contributed by atoms with Crippen molar-refractivity contribution in [3.63, 3.8) is 0 Å². The maximum Gasteiger partial charge on any atom is 0.257 e. The molecule has 0 aliphatic carbocycles. The second-order valence-electron chi connectivity index (χ2n) is 4.87. The van der Waals surface area contributed by atoms with Gasteiger partial charge in [0.2, 0.25) is 0 Å². The van der Waals surface area contributed by atoms with Crippen molar-refractivity contribution in [1.82, 2.24) is 5.32 Å². The average Bonchev–Trinajstić information content (AvgIpc) is 2.48. The van der Waals surface area contributed by atoms with Gasteiger partial charge in [0, 0.05) is 13.2 Å². The summed E-state index contributed by atoms with van der Waals surface area (Å²) < 4.78 is 10.8. The lowest BCUT2D eigenvalue weighted by atomic mass is 10.2. The van der Waals surface area contributed by atoms with E-state index in [0.717, 1.165) is 12.8 Å². The average molecular weight is 290 g/mol. The van der Waals surface area contributed by atoms with Gasteiger partial charge in [-0.3, -0.25) is 4.79 Å². The zero-order valence-corrected chi connectivity index (χ0v) is 12.6. The summed E-state index contributed by atoms with van der Waals surface area (Å²) in [5, 5.41) is 11.7. The van der Waals surface area contributed by atoms with E-state index in [0.29, 0.717) is 24.5 Å². The van der Waals surface area contributed by atoms with Crippen molar-refractivity contribution < 1.29 is 14.3 Å². The molecule has 0 aromatic heterocycles. The van der Waals surface area contributed by atoms with Crippen LogP contribution in [0.25, 0.3) is 0 Å². The Balaban J connectivity index is 2.16. The quantitative estimate of drug-likeness (QED) is 0.708. The van der Waals surface area contributed by atoms with Crippen LogP contribution >= 0.6 is 0 Å². The number of unbranched alkanes of at least 4 members (excludes halogenated alkanes) is 1. The van der Waals surface area contributed by atoms with Gasteiger partial charge >= 0.3 is 0 Å². The Labute approximate surface area is 125 Å². The predicted octanol–water partition coefficient (Wildman–Crippen LogP) is 2.26. The molecule has 0 bridgehead atoms. The number of nitriles is 1. The number of nitrogens with zero attached hydrogens (tertiary/aromatic N) is 1. The zero-order chi connectivity index (χ0) is 15.5. The number of benzene rings is 1. The van der Waals surface area contributed by atoms with Crippen LogP contribution in [0.15, 0.2) is 24.3 Å². The Bertz CT molecular complexity index is 481. The van der Waals surface area contributed by atoms with Crippen molar-refractivity contribution in [2.75, 3.05) is 19.8 Å². The molecular formula is C16H22N2O3. The van der Waals surface area contributed by atoms with E-state index in [9.17, 15) is 4.79 Å². The van der Waals surface area contributed by atoms with E-state index < -0.39 is 0 Å². The second kappa shape index (κ2) is 9.78. The number of nitrogens with one attached hydrogen (secondary N) is 1. The molecule has 0 fully saturated rings. The van der Waals surface area contributed by atoms with E-state index in [1.54, 1.807) is 24.3 Å². The summed E-state index contributed by atoms with van der Waals surface area (Å²) in [6.45, 7) is 5.22. The minimum absolute atomic E-state index is 0.0822. The lowest BCUT2D eigenvalue weighted by Crippen LogP contribution is -2.30. The Morgan fingerprint density at radius 1 is 1.33 bits per heavy atom. The molecule has 1 aromatic carbocycles. The van der Waals surface area contributed by atoms with Gasteiger partial charge in [-0.2, -0.15) is 5.26 Å². The molecule has 0 aliphatic heterocycles. The third kappa shape index (κ3) is 7.33. The minimum Gasteiger partial charge on any atom is -0.482 e. The fourth-order valence-corrected chi connectivity index (χ4v) is 1.65. The van der Waals surface area contributed by atoms with Crippen LogP contribution in [-0.2, 0) is 9.53 Å². The zero-order valence-electron chi connectivity index (χ0n) is 12.6. The summed E-state index contributed by atoms with van der Waals surface area (Å²) in [4.78, 5) is 11.6. The van der Waals surface area contributed by atoms with Gasteiger partial charge < -0.3 is 14.8 Å². The second-order valence-corrected chi connectivity index (χ2v) is 4.87. The van der Waals surface area contributed by atoms with Gasteiger partial charge in [0.25, 0.3) is 5.91 Å². The van der Waals surface area contributed by atoms with E-state index >= 15 is 0 Å². The van der Waals surface area contributed by atoms with E-state index in [2.05, 4.69) is 5.32 Å². The molecule has 1 N–H and O–H groups in total. The molecule has 1 amide bonds. The first-order valence-electron chi connectivity index (χ1n) is 7.13. The number of carbonyl (C=O) groups is 1. The highest BCUT2D eigenvalue weighted by Crippen LogP contribution is 2.15. The van der Waals surface area contributed by atoms with Crippen molar-refractivity contribution in [2.45, 2.75) is 32.8 Å². The van der Waals surface area contributed by atoms with Gasteiger partial charge in [0.05, 0.1) is 11.7 Å². The van der Waals surface area contributed by atoms with Crippen molar-refractivity contribution in [1.29, 1.82) is 5.26 Å². The van der Waals surface area contributed by atoms with Crippen LogP contribution in [0.5, 0.6) is 5.75 Å². The molecule has 0 atom stereocenters. The Morgan fingerprint density at radius 3 is 2.81 bits per heavy atom. The molecule has 0 saturated carbocycles. The standard InChI is InChI=1S/C16H22N2O3/c1-13(2)20-10-6-5-9-18-16(19)12-21-15-8-4-3-7-14(15)11-17/h3-4,7-8,13H,5-6,9-10,12H2,1-2H3,(H,18,19). The molecule has 0 aliphatic rings. The van der Waals surface area contributed by atoms with Crippen molar-refractivity contribution in [3.8, 4) is 11.8 Å². The molecule has 5 nitrogen and oxygen atoms in total. The normalized spacial score (nSPS) is 10.2. The Morgan fingerprint density at radius 2 is 2.10 bits per heavy atom. The fraction of sp³-hybridized carbons (Fsp3) is 0.500. The molecule has 0 saturated heterocycles. The summed E-state index contributed by atoms with van der Waals surface area (Å²) in [5.41, 5.74) is 0.427. The largest absolute Gasteiger partial charge is 0.482 e. The predicted molar refractivity (Wildman–Crippen MR) is 80.0 cm³/mol. The van der Waals surface area contributed by atoms with Crippen molar-refractivity contribution in [3.05, 3.63) is 29.8 Å². The van der Waals surface area contributed by atoms with E-state index in [-0.39, 0.29) is 18.6 Å². The number of carbonyl (C=O) groups excluding carboxylic acids is 1. The number of amides is 1. The third-order valence-corrected chi connectivity index (χ3v) is 2.71. The summed E-state index contributed by atoms with van der Waals surface area (Å²) in [6.07, 6.45) is 2.03.